The van der Waals surface area contributed by atoms with Gasteiger partial charge in [-0.05, 0) is 66.2 Å². The predicted octanol–water partition coefficient (Wildman–Crippen LogP) is 5.44. The van der Waals surface area contributed by atoms with Crippen molar-refractivity contribution in [1.29, 1.82) is 0 Å². The number of anilines is 2. The molecule has 0 fully saturated rings. The summed E-state index contributed by atoms with van der Waals surface area (Å²) in [6.07, 6.45) is 3.52. The average Bonchev–Trinajstić information content (AvgIpc) is 3.57. The highest BCUT2D eigenvalue weighted by Gasteiger charge is 2.13. The molecule has 0 atom stereocenters. The fourth-order valence-electron chi connectivity index (χ4n) is 3.47. The number of imidazole rings is 1. The molecular formula is C26H21FN6O3. The highest BCUT2D eigenvalue weighted by Crippen LogP contribution is 2.23. The van der Waals surface area contributed by atoms with Crippen LogP contribution < -0.4 is 15.4 Å². The first kappa shape index (κ1) is 22.8. The minimum Gasteiger partial charge on any atom is -0.497 e. The van der Waals surface area contributed by atoms with Crippen molar-refractivity contribution >= 4 is 17.4 Å². The van der Waals surface area contributed by atoms with E-state index in [9.17, 15) is 9.18 Å². The zero-order valence-electron chi connectivity index (χ0n) is 19.2. The Balaban J connectivity index is 1.19. The van der Waals surface area contributed by atoms with Crippen molar-refractivity contribution in [2.75, 3.05) is 17.7 Å². The second kappa shape index (κ2) is 10.1. The van der Waals surface area contributed by atoms with E-state index < -0.39 is 6.03 Å². The van der Waals surface area contributed by atoms with E-state index in [1.165, 1.54) is 24.3 Å². The van der Waals surface area contributed by atoms with Gasteiger partial charge in [-0.3, -0.25) is 0 Å². The zero-order valence-corrected chi connectivity index (χ0v) is 19.2. The van der Waals surface area contributed by atoms with Crippen molar-refractivity contribution in [3.63, 3.8) is 0 Å². The van der Waals surface area contributed by atoms with Gasteiger partial charge in [-0.1, -0.05) is 17.3 Å². The largest absolute Gasteiger partial charge is 0.497 e. The first-order valence-corrected chi connectivity index (χ1v) is 11.0. The fourth-order valence-corrected chi connectivity index (χ4v) is 3.47. The molecule has 0 saturated carbocycles. The summed E-state index contributed by atoms with van der Waals surface area (Å²) in [6, 6.07) is 19.9. The van der Waals surface area contributed by atoms with Crippen LogP contribution in [0.3, 0.4) is 0 Å². The smallest absolute Gasteiger partial charge is 0.323 e. The van der Waals surface area contributed by atoms with E-state index in [1.807, 2.05) is 47.2 Å². The van der Waals surface area contributed by atoms with Gasteiger partial charge in [-0.2, -0.15) is 4.98 Å². The van der Waals surface area contributed by atoms with Gasteiger partial charge < -0.3 is 24.5 Å². The number of ether oxygens (including phenoxy) is 1. The van der Waals surface area contributed by atoms with E-state index in [1.54, 1.807) is 25.6 Å². The van der Waals surface area contributed by atoms with Crippen LogP contribution in [-0.4, -0.2) is 32.8 Å². The molecule has 0 aliphatic heterocycles. The summed E-state index contributed by atoms with van der Waals surface area (Å²) in [5.41, 5.74) is 3.51. The summed E-state index contributed by atoms with van der Waals surface area (Å²) in [5, 5.41) is 9.44. The van der Waals surface area contributed by atoms with Crippen molar-refractivity contribution < 1.29 is 18.4 Å². The fraction of sp³-hybridized carbons (Fsp3) is 0.0769. The van der Waals surface area contributed by atoms with E-state index >= 15 is 0 Å². The van der Waals surface area contributed by atoms with Crippen LogP contribution in [0.4, 0.5) is 20.6 Å². The molecule has 5 rings (SSSR count). The molecule has 0 saturated heterocycles. The number of nitrogens with one attached hydrogen (secondary N) is 2. The van der Waals surface area contributed by atoms with Crippen molar-refractivity contribution in [1.82, 2.24) is 19.7 Å². The van der Waals surface area contributed by atoms with Gasteiger partial charge >= 0.3 is 6.03 Å². The first-order chi connectivity index (χ1) is 17.6. The van der Waals surface area contributed by atoms with Crippen LogP contribution in [0.25, 0.3) is 23.0 Å². The monoisotopic (exact) mass is 484 g/mol. The summed E-state index contributed by atoms with van der Waals surface area (Å²) in [7, 11) is 1.61. The molecule has 9 nitrogen and oxygen atoms in total. The molecule has 2 heterocycles. The van der Waals surface area contributed by atoms with Crippen molar-refractivity contribution in [2.45, 2.75) is 6.54 Å². The molecule has 0 radical (unpaired) electrons. The van der Waals surface area contributed by atoms with E-state index in [0.29, 0.717) is 35.3 Å². The molecule has 5 aromatic rings. The Kier molecular flexibility index (Phi) is 6.39. The van der Waals surface area contributed by atoms with Crippen LogP contribution >= 0.6 is 0 Å². The van der Waals surface area contributed by atoms with Gasteiger partial charge in [0.2, 0.25) is 5.82 Å². The predicted molar refractivity (Wildman–Crippen MR) is 132 cm³/mol. The van der Waals surface area contributed by atoms with E-state index in [-0.39, 0.29) is 5.82 Å². The highest BCUT2D eigenvalue weighted by atomic mass is 19.1. The highest BCUT2D eigenvalue weighted by molar-refractivity contribution is 5.99. The van der Waals surface area contributed by atoms with Gasteiger partial charge in [0.15, 0.2) is 0 Å². The number of nitrogens with zero attached hydrogens (tertiary/aromatic N) is 4. The lowest BCUT2D eigenvalue weighted by Gasteiger charge is -2.09. The Labute approximate surface area is 205 Å². The molecule has 3 aromatic carbocycles. The quantitative estimate of drug-likeness (QED) is 0.319. The standard InChI is InChI=1S/C26H21FN6O3/c1-35-22-12-4-18(5-13-22)24-31-25(36-32-24)23-15-33(16-28-23)14-17-2-8-20(9-3-17)29-26(34)30-21-10-6-19(27)7-11-21/h2-13,15-16H,14H2,1H3,(H2,29,30,34). The lowest BCUT2D eigenvalue weighted by molar-refractivity contribution is 0.262. The Bertz CT molecular complexity index is 1460. The molecule has 2 aromatic heterocycles. The molecule has 0 unspecified atom stereocenters. The van der Waals surface area contributed by atoms with Gasteiger partial charge in [-0.25, -0.2) is 14.2 Å². The third-order valence-corrected chi connectivity index (χ3v) is 5.31. The molecule has 2 amide bonds. The topological polar surface area (TPSA) is 107 Å². The number of halogens is 1. The maximum Gasteiger partial charge on any atom is 0.323 e. The van der Waals surface area contributed by atoms with Gasteiger partial charge in [-0.15, -0.1) is 0 Å². The maximum absolute atomic E-state index is 13.0. The zero-order chi connectivity index (χ0) is 24.9. The first-order valence-electron chi connectivity index (χ1n) is 11.0. The van der Waals surface area contributed by atoms with Gasteiger partial charge in [0.25, 0.3) is 5.89 Å². The van der Waals surface area contributed by atoms with Crippen LogP contribution in [0.15, 0.2) is 89.8 Å². The molecule has 0 aliphatic carbocycles. The number of urea groups is 1. The number of carbonyl (C=O) groups is 1. The van der Waals surface area contributed by atoms with Crippen LogP contribution in [0.5, 0.6) is 5.75 Å². The number of hydrogen-bond donors (Lipinski definition) is 2. The van der Waals surface area contributed by atoms with Gasteiger partial charge in [0.1, 0.15) is 17.3 Å². The van der Waals surface area contributed by atoms with Crippen LogP contribution in [0.1, 0.15) is 5.56 Å². The second-order valence-electron chi connectivity index (χ2n) is 7.87. The summed E-state index contributed by atoms with van der Waals surface area (Å²) >= 11 is 0. The van der Waals surface area contributed by atoms with Gasteiger partial charge in [0, 0.05) is 29.7 Å². The lowest BCUT2D eigenvalue weighted by Crippen LogP contribution is -2.19. The Hall–Kier alpha value is -4.99. The van der Waals surface area contributed by atoms with Crippen molar-refractivity contribution in [2.24, 2.45) is 0 Å². The third kappa shape index (κ3) is 5.39. The number of hydrogen-bond acceptors (Lipinski definition) is 6. The van der Waals surface area contributed by atoms with Gasteiger partial charge in [0.05, 0.1) is 13.4 Å². The SMILES string of the molecule is COc1ccc(-c2noc(-c3cn(Cc4ccc(NC(=O)Nc5ccc(F)cc5)cc4)cn3)n2)cc1. The Morgan fingerprint density at radius 2 is 1.64 bits per heavy atom. The van der Waals surface area contributed by atoms with E-state index in [0.717, 1.165) is 16.9 Å². The lowest BCUT2D eigenvalue weighted by atomic mass is 10.2. The Morgan fingerprint density at radius 1 is 0.972 bits per heavy atom. The normalized spacial score (nSPS) is 10.7. The van der Waals surface area contributed by atoms with Crippen LogP contribution in [0, 0.1) is 5.82 Å². The summed E-state index contributed by atoms with van der Waals surface area (Å²) in [4.78, 5) is 21.0. The molecule has 36 heavy (non-hydrogen) atoms. The molecule has 0 aliphatic rings. The molecular weight excluding hydrogens is 463 g/mol. The molecule has 2 N–H and O–H groups in total. The summed E-state index contributed by atoms with van der Waals surface area (Å²) in [6.45, 7) is 0.564. The van der Waals surface area contributed by atoms with Crippen molar-refractivity contribution in [3.05, 3.63) is 96.7 Å². The number of methoxy groups -OCH3 is 1. The number of rotatable bonds is 7. The molecule has 0 spiro atoms. The molecule has 10 heteroatoms. The Morgan fingerprint density at radius 3 is 2.31 bits per heavy atom. The second-order valence-corrected chi connectivity index (χ2v) is 7.87. The number of carbonyl (C=O) groups excluding carboxylic acids is 1. The third-order valence-electron chi connectivity index (χ3n) is 5.31. The van der Waals surface area contributed by atoms with Crippen LogP contribution in [0.2, 0.25) is 0 Å². The van der Waals surface area contributed by atoms with Crippen molar-refractivity contribution in [3.8, 4) is 28.7 Å². The minimum absolute atomic E-state index is 0.325. The summed E-state index contributed by atoms with van der Waals surface area (Å²) in [5.74, 6) is 1.18. The maximum atomic E-state index is 13.0. The molecule has 180 valence electrons. The number of benzene rings is 3. The molecule has 0 bridgehead atoms. The summed E-state index contributed by atoms with van der Waals surface area (Å²) < 4.78 is 25.5. The van der Waals surface area contributed by atoms with Crippen LogP contribution in [-0.2, 0) is 6.54 Å². The number of amides is 2. The minimum atomic E-state index is -0.415. The van der Waals surface area contributed by atoms with E-state index in [4.69, 9.17) is 9.26 Å². The average molecular weight is 484 g/mol. The number of aromatic nitrogens is 4. The van der Waals surface area contributed by atoms with E-state index in [2.05, 4.69) is 25.8 Å².